The van der Waals surface area contributed by atoms with Gasteiger partial charge in [0.1, 0.15) is 17.6 Å². The second-order valence-electron chi connectivity index (χ2n) is 9.20. The number of methoxy groups -OCH3 is 1. The molecule has 4 rings (SSSR count). The van der Waals surface area contributed by atoms with E-state index >= 15 is 0 Å². The summed E-state index contributed by atoms with van der Waals surface area (Å²) in [5, 5.41) is 1.09. The van der Waals surface area contributed by atoms with Crippen LogP contribution in [0.4, 0.5) is 4.79 Å². The average Bonchev–Trinajstić information content (AvgIpc) is 2.66. The molecule has 2 aliphatic heterocycles. The first kappa shape index (κ1) is 20.9. The fourth-order valence-corrected chi connectivity index (χ4v) is 4.20. The second-order valence-corrected chi connectivity index (χ2v) is 9.20. The molecule has 1 unspecified atom stereocenters. The Kier molecular flexibility index (Phi) is 5.59. The number of hydrogen-bond acceptors (Lipinski definition) is 6. The minimum absolute atomic E-state index is 0.131. The molecule has 1 saturated heterocycles. The Morgan fingerprint density at radius 1 is 1.23 bits per heavy atom. The van der Waals surface area contributed by atoms with Gasteiger partial charge in [0.2, 0.25) is 0 Å². The Balaban J connectivity index is 1.60. The fourth-order valence-electron chi connectivity index (χ4n) is 4.20. The minimum atomic E-state index is -0.522. The number of amides is 1. The highest BCUT2D eigenvalue weighted by molar-refractivity contribution is 5.82. The summed E-state index contributed by atoms with van der Waals surface area (Å²) in [4.78, 5) is 21.3. The predicted octanol–water partition coefficient (Wildman–Crippen LogP) is 3.72. The van der Waals surface area contributed by atoms with Crippen LogP contribution in [0.2, 0.25) is 0 Å². The lowest BCUT2D eigenvalue weighted by Gasteiger charge is -2.46. The molecule has 1 aromatic carbocycles. The number of hydrogen-bond donors (Lipinski definition) is 0. The maximum atomic E-state index is 12.7. The number of rotatable bonds is 1. The molecule has 0 aliphatic carbocycles. The molecule has 1 amide bonds. The molecule has 30 heavy (non-hydrogen) atoms. The molecule has 162 valence electrons. The van der Waals surface area contributed by atoms with Crippen molar-refractivity contribution in [3.63, 3.8) is 0 Å². The van der Waals surface area contributed by atoms with Crippen LogP contribution >= 0.6 is 0 Å². The zero-order chi connectivity index (χ0) is 21.5. The van der Waals surface area contributed by atoms with Crippen LogP contribution in [0.15, 0.2) is 24.4 Å². The number of carbonyl (C=O) groups excluding carboxylic acids is 1. The summed E-state index contributed by atoms with van der Waals surface area (Å²) in [7, 11) is 1.70. The highest BCUT2D eigenvalue weighted by Gasteiger charge is 2.39. The molecule has 2 atom stereocenters. The van der Waals surface area contributed by atoms with Gasteiger partial charge in [-0.1, -0.05) is 0 Å². The summed E-state index contributed by atoms with van der Waals surface area (Å²) in [6, 6.07) is 6.46. The van der Waals surface area contributed by atoms with E-state index in [9.17, 15) is 4.79 Å². The van der Waals surface area contributed by atoms with Crippen molar-refractivity contribution in [2.45, 2.75) is 58.5 Å². The van der Waals surface area contributed by atoms with Gasteiger partial charge < -0.3 is 19.1 Å². The van der Waals surface area contributed by atoms with Crippen molar-refractivity contribution in [3.05, 3.63) is 35.5 Å². The van der Waals surface area contributed by atoms with E-state index in [1.54, 1.807) is 12.0 Å². The molecule has 0 spiro atoms. The molecule has 1 fully saturated rings. The maximum Gasteiger partial charge on any atom is 0.410 e. The largest absolute Gasteiger partial charge is 0.493 e. The van der Waals surface area contributed by atoms with Gasteiger partial charge in [-0.05, 0) is 57.9 Å². The van der Waals surface area contributed by atoms with Crippen molar-refractivity contribution in [3.8, 4) is 5.75 Å². The van der Waals surface area contributed by atoms with E-state index in [0.717, 1.165) is 34.2 Å². The topological polar surface area (TPSA) is 64.1 Å². The van der Waals surface area contributed by atoms with Crippen LogP contribution in [-0.4, -0.2) is 65.6 Å². The Bertz CT molecular complexity index is 940. The first-order valence-corrected chi connectivity index (χ1v) is 10.5. The molecule has 3 heterocycles. The van der Waals surface area contributed by atoms with Crippen LogP contribution in [0.1, 0.15) is 38.3 Å². The zero-order valence-corrected chi connectivity index (χ0v) is 18.5. The number of carbonyl (C=O) groups is 1. The number of aryl methyl sites for hydroxylation is 1. The first-order chi connectivity index (χ1) is 14.2. The van der Waals surface area contributed by atoms with E-state index in [2.05, 4.69) is 28.1 Å². The lowest BCUT2D eigenvalue weighted by molar-refractivity contribution is -0.117. The molecule has 0 radical (unpaired) electrons. The summed E-state index contributed by atoms with van der Waals surface area (Å²) >= 11 is 0. The Hall–Kier alpha value is -2.38. The number of pyridine rings is 1. The van der Waals surface area contributed by atoms with E-state index < -0.39 is 5.60 Å². The van der Waals surface area contributed by atoms with Crippen LogP contribution in [0.5, 0.6) is 5.75 Å². The maximum absolute atomic E-state index is 12.7. The summed E-state index contributed by atoms with van der Waals surface area (Å²) in [5.74, 6) is 0.901. The number of aromatic nitrogens is 1. The van der Waals surface area contributed by atoms with Crippen LogP contribution in [-0.2, 0) is 16.0 Å². The van der Waals surface area contributed by atoms with Crippen LogP contribution in [0, 0.1) is 6.92 Å². The monoisotopic (exact) mass is 413 g/mol. The van der Waals surface area contributed by atoms with Gasteiger partial charge >= 0.3 is 6.09 Å². The summed E-state index contributed by atoms with van der Waals surface area (Å²) in [5.41, 5.74) is 2.66. The van der Waals surface area contributed by atoms with E-state index in [0.29, 0.717) is 26.2 Å². The van der Waals surface area contributed by atoms with Crippen LogP contribution < -0.4 is 4.74 Å². The molecule has 2 aliphatic rings. The number of ether oxygens (including phenoxy) is 3. The number of piperazine rings is 1. The Morgan fingerprint density at radius 3 is 2.77 bits per heavy atom. The molecular weight excluding hydrogens is 382 g/mol. The average molecular weight is 414 g/mol. The van der Waals surface area contributed by atoms with Crippen LogP contribution in [0.25, 0.3) is 10.9 Å². The zero-order valence-electron chi connectivity index (χ0n) is 18.5. The highest BCUT2D eigenvalue weighted by Crippen LogP contribution is 2.32. The molecule has 7 heteroatoms. The quantitative estimate of drug-likeness (QED) is 0.710. The van der Waals surface area contributed by atoms with Crippen LogP contribution in [0.3, 0.4) is 0 Å². The standard InChI is InChI=1S/C23H31N3O4/c1-15-8-16-10-20-17(9-19(16)24-11-15)12-26-18(6-7-29-20)13-25(14-21(26)28-5)22(27)30-23(2,3)4/h8-11,18,21H,6-7,12-14H2,1-5H3/t18?,21-/m1/s1. The SMILES string of the molecule is CO[C@@H]1CN(C(=O)OC(C)(C)C)CC2CCOc3cc4cc(C)cnc4cc3CN21. The highest BCUT2D eigenvalue weighted by atomic mass is 16.6. The van der Waals surface area contributed by atoms with Crippen molar-refractivity contribution in [1.29, 1.82) is 0 Å². The van der Waals surface area contributed by atoms with Gasteiger partial charge in [-0.2, -0.15) is 0 Å². The van der Waals surface area contributed by atoms with E-state index in [1.807, 2.05) is 33.9 Å². The van der Waals surface area contributed by atoms with Gasteiger partial charge in [-0.15, -0.1) is 0 Å². The predicted molar refractivity (Wildman–Crippen MR) is 115 cm³/mol. The van der Waals surface area contributed by atoms with Gasteiger partial charge in [-0.3, -0.25) is 9.88 Å². The van der Waals surface area contributed by atoms with Crippen molar-refractivity contribution >= 4 is 17.0 Å². The van der Waals surface area contributed by atoms with Gasteiger partial charge in [0, 0.05) is 43.4 Å². The first-order valence-electron chi connectivity index (χ1n) is 10.5. The summed E-state index contributed by atoms with van der Waals surface area (Å²) in [6.07, 6.45) is 2.20. The molecule has 0 bridgehead atoms. The lowest BCUT2D eigenvalue weighted by Crippen LogP contribution is -2.61. The van der Waals surface area contributed by atoms with Gasteiger partial charge in [0.05, 0.1) is 18.7 Å². The minimum Gasteiger partial charge on any atom is -0.493 e. The number of nitrogens with zero attached hydrogens (tertiary/aromatic N) is 3. The van der Waals surface area contributed by atoms with Crippen molar-refractivity contribution in [2.24, 2.45) is 0 Å². The van der Waals surface area contributed by atoms with Crippen molar-refractivity contribution in [1.82, 2.24) is 14.8 Å². The third-order valence-electron chi connectivity index (χ3n) is 5.63. The molecule has 7 nitrogen and oxygen atoms in total. The van der Waals surface area contributed by atoms with Gasteiger partial charge in [0.15, 0.2) is 0 Å². The normalized spacial score (nSPS) is 22.5. The third kappa shape index (κ3) is 4.37. The Morgan fingerprint density at radius 2 is 2.03 bits per heavy atom. The van der Waals surface area contributed by atoms with Gasteiger partial charge in [-0.25, -0.2) is 4.79 Å². The molecule has 0 N–H and O–H groups in total. The molecule has 0 saturated carbocycles. The smallest absolute Gasteiger partial charge is 0.410 e. The summed E-state index contributed by atoms with van der Waals surface area (Å²) in [6.45, 7) is 10.0. The van der Waals surface area contributed by atoms with Gasteiger partial charge in [0.25, 0.3) is 0 Å². The fraction of sp³-hybridized carbons (Fsp3) is 0.565. The van der Waals surface area contributed by atoms with Crippen molar-refractivity contribution in [2.75, 3.05) is 26.8 Å². The Labute approximate surface area is 177 Å². The number of fused-ring (bicyclic) bond motifs is 3. The van der Waals surface area contributed by atoms with E-state index in [4.69, 9.17) is 14.2 Å². The second kappa shape index (κ2) is 8.04. The molecule has 2 aromatic rings. The van der Waals surface area contributed by atoms with Crippen molar-refractivity contribution < 1.29 is 19.0 Å². The lowest BCUT2D eigenvalue weighted by atomic mass is 10.0. The molecule has 1 aromatic heterocycles. The molecular formula is C23H31N3O4. The van der Waals surface area contributed by atoms with E-state index in [-0.39, 0.29) is 18.4 Å². The number of benzene rings is 1. The van der Waals surface area contributed by atoms with E-state index in [1.165, 1.54) is 0 Å². The third-order valence-corrected chi connectivity index (χ3v) is 5.63. The summed E-state index contributed by atoms with van der Waals surface area (Å²) < 4.78 is 17.5.